The molecule has 2 rings (SSSR count). The zero-order valence-corrected chi connectivity index (χ0v) is 14.0. The van der Waals surface area contributed by atoms with Gasteiger partial charge in [-0.2, -0.15) is 0 Å². The molecule has 4 atom stereocenters. The van der Waals surface area contributed by atoms with Gasteiger partial charge in [0.1, 0.15) is 0 Å². The molecule has 3 nitrogen and oxygen atoms in total. The van der Waals surface area contributed by atoms with E-state index in [1.54, 1.807) is 0 Å². The predicted molar refractivity (Wildman–Crippen MR) is 88.3 cm³/mol. The van der Waals surface area contributed by atoms with Crippen molar-refractivity contribution >= 4 is 5.91 Å². The van der Waals surface area contributed by atoms with Crippen LogP contribution in [0.1, 0.15) is 84.5 Å². The third-order valence-corrected chi connectivity index (χ3v) is 5.36. The van der Waals surface area contributed by atoms with Gasteiger partial charge in [-0.25, -0.2) is 0 Å². The van der Waals surface area contributed by atoms with Crippen LogP contribution >= 0.6 is 0 Å². The Morgan fingerprint density at radius 2 is 1.90 bits per heavy atom. The average Bonchev–Trinajstić information content (AvgIpc) is 2.52. The van der Waals surface area contributed by atoms with E-state index in [2.05, 4.69) is 24.5 Å². The highest BCUT2D eigenvalue weighted by Crippen LogP contribution is 2.32. The van der Waals surface area contributed by atoms with Crippen LogP contribution in [-0.2, 0) is 4.79 Å². The molecule has 3 heteroatoms. The second kappa shape index (κ2) is 8.77. The van der Waals surface area contributed by atoms with Crippen molar-refractivity contribution in [3.63, 3.8) is 0 Å². The van der Waals surface area contributed by atoms with Gasteiger partial charge in [-0.1, -0.05) is 46.0 Å². The molecule has 1 aliphatic carbocycles. The van der Waals surface area contributed by atoms with Gasteiger partial charge in [-0.15, -0.1) is 0 Å². The van der Waals surface area contributed by atoms with Gasteiger partial charge in [0.2, 0.25) is 5.91 Å². The van der Waals surface area contributed by atoms with Gasteiger partial charge >= 0.3 is 0 Å². The maximum Gasteiger partial charge on any atom is 0.237 e. The van der Waals surface area contributed by atoms with Gasteiger partial charge in [0.25, 0.3) is 0 Å². The fourth-order valence-corrected chi connectivity index (χ4v) is 4.09. The average molecular weight is 294 g/mol. The number of fused-ring (bicyclic) bond motifs is 1. The molecule has 2 aliphatic rings. The summed E-state index contributed by atoms with van der Waals surface area (Å²) in [5, 5.41) is 6.96. The van der Waals surface area contributed by atoms with Crippen molar-refractivity contribution < 1.29 is 4.79 Å². The molecule has 122 valence electrons. The number of amides is 1. The van der Waals surface area contributed by atoms with Crippen LogP contribution in [0.5, 0.6) is 0 Å². The van der Waals surface area contributed by atoms with Crippen molar-refractivity contribution in [1.29, 1.82) is 0 Å². The summed E-state index contributed by atoms with van der Waals surface area (Å²) in [6.45, 7) is 4.42. The number of rotatable bonds is 7. The monoisotopic (exact) mass is 294 g/mol. The first kappa shape index (κ1) is 16.8. The third kappa shape index (κ3) is 4.98. The van der Waals surface area contributed by atoms with Gasteiger partial charge < -0.3 is 10.6 Å². The molecule has 4 unspecified atom stereocenters. The first-order valence-electron chi connectivity index (χ1n) is 9.31. The quantitative estimate of drug-likeness (QED) is 0.750. The van der Waals surface area contributed by atoms with Crippen LogP contribution in [-0.4, -0.2) is 24.0 Å². The maximum atomic E-state index is 12.5. The summed E-state index contributed by atoms with van der Waals surface area (Å²) in [6, 6.07) is 1.04. The number of unbranched alkanes of at least 4 members (excludes halogenated alkanes) is 1. The van der Waals surface area contributed by atoms with E-state index >= 15 is 0 Å². The maximum absolute atomic E-state index is 12.5. The molecule has 1 heterocycles. The summed E-state index contributed by atoms with van der Waals surface area (Å²) in [6.07, 6.45) is 13.4. The molecule has 2 N–H and O–H groups in total. The summed E-state index contributed by atoms with van der Waals surface area (Å²) in [5.74, 6) is 1.09. The molecular formula is C18H34N2O. The minimum Gasteiger partial charge on any atom is -0.352 e. The molecule has 0 aromatic heterocycles. The Balaban J connectivity index is 1.81. The SMILES string of the molecule is CCCCC(CCC)NC(=O)C1CCC2CCCCC2N1. The molecule has 21 heavy (non-hydrogen) atoms. The van der Waals surface area contributed by atoms with Crippen molar-refractivity contribution in [3.05, 3.63) is 0 Å². The van der Waals surface area contributed by atoms with Crippen molar-refractivity contribution in [2.24, 2.45) is 5.92 Å². The molecule has 0 bridgehead atoms. The lowest BCUT2D eigenvalue weighted by Crippen LogP contribution is -2.56. The zero-order chi connectivity index (χ0) is 15.1. The Kier molecular flexibility index (Phi) is 7.01. The van der Waals surface area contributed by atoms with Crippen LogP contribution in [0.15, 0.2) is 0 Å². The Morgan fingerprint density at radius 1 is 1.10 bits per heavy atom. The third-order valence-electron chi connectivity index (χ3n) is 5.36. The van der Waals surface area contributed by atoms with Crippen LogP contribution in [0.4, 0.5) is 0 Å². The lowest BCUT2D eigenvalue weighted by molar-refractivity contribution is -0.125. The minimum absolute atomic E-state index is 0.0605. The van der Waals surface area contributed by atoms with E-state index in [0.717, 1.165) is 31.6 Å². The highest BCUT2D eigenvalue weighted by atomic mass is 16.2. The normalized spacial score (nSPS) is 30.5. The zero-order valence-electron chi connectivity index (χ0n) is 14.0. The van der Waals surface area contributed by atoms with Gasteiger partial charge in [0.05, 0.1) is 6.04 Å². The second-order valence-electron chi connectivity index (χ2n) is 7.08. The summed E-state index contributed by atoms with van der Waals surface area (Å²) < 4.78 is 0. The molecule has 2 fully saturated rings. The van der Waals surface area contributed by atoms with Crippen LogP contribution in [0.3, 0.4) is 0 Å². The van der Waals surface area contributed by atoms with Gasteiger partial charge in [-0.05, 0) is 44.4 Å². The van der Waals surface area contributed by atoms with E-state index in [-0.39, 0.29) is 11.9 Å². The lowest BCUT2D eigenvalue weighted by Gasteiger charge is -2.40. The Hall–Kier alpha value is -0.570. The Bertz CT molecular complexity index is 318. The van der Waals surface area contributed by atoms with E-state index < -0.39 is 0 Å². The summed E-state index contributed by atoms with van der Waals surface area (Å²) >= 11 is 0. The molecule has 1 saturated heterocycles. The minimum atomic E-state index is 0.0605. The molecule has 1 aliphatic heterocycles. The molecular weight excluding hydrogens is 260 g/mol. The van der Waals surface area contributed by atoms with E-state index in [0.29, 0.717) is 12.1 Å². The topological polar surface area (TPSA) is 41.1 Å². The van der Waals surface area contributed by atoms with Crippen molar-refractivity contribution in [1.82, 2.24) is 10.6 Å². The Morgan fingerprint density at radius 3 is 2.67 bits per heavy atom. The largest absolute Gasteiger partial charge is 0.352 e. The van der Waals surface area contributed by atoms with Crippen LogP contribution in [0.25, 0.3) is 0 Å². The first-order valence-corrected chi connectivity index (χ1v) is 9.31. The summed E-state index contributed by atoms with van der Waals surface area (Å²) in [4.78, 5) is 12.5. The van der Waals surface area contributed by atoms with E-state index in [4.69, 9.17) is 0 Å². The molecule has 1 saturated carbocycles. The van der Waals surface area contributed by atoms with Crippen molar-refractivity contribution in [2.75, 3.05) is 0 Å². The molecule has 0 aromatic rings. The van der Waals surface area contributed by atoms with Gasteiger partial charge in [-0.3, -0.25) is 4.79 Å². The number of carbonyl (C=O) groups excluding carboxylic acids is 1. The summed E-state index contributed by atoms with van der Waals surface area (Å²) in [7, 11) is 0. The van der Waals surface area contributed by atoms with E-state index in [9.17, 15) is 4.79 Å². The highest BCUT2D eigenvalue weighted by molar-refractivity contribution is 5.82. The van der Waals surface area contributed by atoms with Crippen molar-refractivity contribution in [3.8, 4) is 0 Å². The number of hydrogen-bond acceptors (Lipinski definition) is 2. The Labute approximate surface area is 130 Å². The molecule has 0 spiro atoms. The van der Waals surface area contributed by atoms with Crippen LogP contribution in [0, 0.1) is 5.92 Å². The highest BCUT2D eigenvalue weighted by Gasteiger charge is 2.34. The fourth-order valence-electron chi connectivity index (χ4n) is 4.09. The first-order chi connectivity index (χ1) is 10.2. The van der Waals surface area contributed by atoms with Gasteiger partial charge in [0.15, 0.2) is 0 Å². The van der Waals surface area contributed by atoms with E-state index in [1.165, 1.54) is 44.9 Å². The molecule has 0 radical (unpaired) electrons. The second-order valence-corrected chi connectivity index (χ2v) is 7.08. The molecule has 0 aromatic carbocycles. The number of piperidine rings is 1. The van der Waals surface area contributed by atoms with Gasteiger partial charge in [0, 0.05) is 12.1 Å². The number of nitrogens with one attached hydrogen (secondary N) is 2. The number of carbonyl (C=O) groups is 1. The number of hydrogen-bond donors (Lipinski definition) is 2. The predicted octanol–water partition coefficient (Wildman–Crippen LogP) is 3.77. The molecule has 1 amide bonds. The summed E-state index contributed by atoms with van der Waals surface area (Å²) in [5.41, 5.74) is 0. The smallest absolute Gasteiger partial charge is 0.237 e. The fraction of sp³-hybridized carbons (Fsp3) is 0.944. The van der Waals surface area contributed by atoms with E-state index in [1.807, 2.05) is 0 Å². The van der Waals surface area contributed by atoms with Crippen molar-refractivity contribution in [2.45, 2.75) is 103 Å². The lowest BCUT2D eigenvalue weighted by atomic mass is 9.77. The van der Waals surface area contributed by atoms with Crippen LogP contribution < -0.4 is 10.6 Å². The van der Waals surface area contributed by atoms with Crippen LogP contribution in [0.2, 0.25) is 0 Å². The standard InChI is InChI=1S/C18H34N2O/c1-3-5-10-15(8-4-2)19-18(21)17-13-12-14-9-6-7-11-16(14)20-17/h14-17,20H,3-13H2,1-2H3,(H,19,21).